The molecule has 96 valence electrons. The zero-order valence-electron chi connectivity index (χ0n) is 11.2. The second-order valence-electron chi connectivity index (χ2n) is 4.73. The summed E-state index contributed by atoms with van der Waals surface area (Å²) in [7, 11) is 0. The average Bonchev–Trinajstić information content (AvgIpc) is 2.75. The summed E-state index contributed by atoms with van der Waals surface area (Å²) in [6.07, 6.45) is 2.21. The highest BCUT2D eigenvalue weighted by atomic mass is 32.2. The molecule has 0 aliphatic heterocycles. The van der Waals surface area contributed by atoms with Crippen LogP contribution in [0.4, 0.5) is 0 Å². The van der Waals surface area contributed by atoms with Gasteiger partial charge in [0, 0.05) is 16.5 Å². The Bertz CT molecular complexity index is 488. The van der Waals surface area contributed by atoms with E-state index in [1.165, 1.54) is 10.6 Å². The summed E-state index contributed by atoms with van der Waals surface area (Å²) < 4.78 is 0. The first-order chi connectivity index (χ1) is 8.70. The summed E-state index contributed by atoms with van der Waals surface area (Å²) in [4.78, 5) is 9.45. The fourth-order valence-corrected chi connectivity index (χ4v) is 2.73. The van der Waals surface area contributed by atoms with Crippen LogP contribution in [-0.2, 0) is 6.42 Å². The average molecular weight is 260 g/mol. The van der Waals surface area contributed by atoms with Crippen molar-refractivity contribution < 1.29 is 0 Å². The minimum atomic E-state index is 0.450. The van der Waals surface area contributed by atoms with Gasteiger partial charge in [0.2, 0.25) is 0 Å². The number of hydrogen-bond donors (Lipinski definition) is 1. The number of nitrogens with zero attached hydrogens (tertiary/aromatic N) is 1. The maximum Gasteiger partial charge on any atom is 0.122 e. The Morgan fingerprint density at radius 1 is 1.22 bits per heavy atom. The summed E-state index contributed by atoms with van der Waals surface area (Å²) in [6, 6.07) is 10.4. The minimum absolute atomic E-state index is 0.450. The smallest absolute Gasteiger partial charge is 0.122 e. The lowest BCUT2D eigenvalue weighted by atomic mass is 10.2. The van der Waals surface area contributed by atoms with Crippen LogP contribution in [0.15, 0.2) is 40.3 Å². The van der Waals surface area contributed by atoms with Gasteiger partial charge in [-0.3, -0.25) is 0 Å². The number of H-pyrrole nitrogens is 1. The zero-order valence-corrected chi connectivity index (χ0v) is 12.1. The quantitative estimate of drug-likeness (QED) is 0.848. The van der Waals surface area contributed by atoms with Crippen LogP contribution >= 0.6 is 11.8 Å². The van der Waals surface area contributed by atoms with Crippen molar-refractivity contribution in [2.24, 2.45) is 0 Å². The number of nitrogens with one attached hydrogen (secondary N) is 1. The second-order valence-corrected chi connectivity index (χ2v) is 5.79. The third-order valence-corrected chi connectivity index (χ3v) is 3.80. The predicted molar refractivity (Wildman–Crippen MR) is 77.2 cm³/mol. The van der Waals surface area contributed by atoms with Crippen molar-refractivity contribution in [3.05, 3.63) is 41.9 Å². The van der Waals surface area contributed by atoms with Crippen LogP contribution in [0.5, 0.6) is 0 Å². The summed E-state index contributed by atoms with van der Waals surface area (Å²) in [5, 5.41) is 1.13. The normalized spacial score (nSPS) is 11.1. The maximum atomic E-state index is 4.73. The number of aromatic nitrogens is 2. The molecule has 0 spiro atoms. The lowest BCUT2D eigenvalue weighted by Crippen LogP contribution is -1.90. The molecule has 2 rings (SSSR count). The Kier molecular flexibility index (Phi) is 4.48. The minimum Gasteiger partial charge on any atom is -0.345 e. The molecule has 18 heavy (non-hydrogen) atoms. The summed E-state index contributed by atoms with van der Waals surface area (Å²) >= 11 is 1.75. The second kappa shape index (κ2) is 6.10. The zero-order chi connectivity index (χ0) is 13.0. The van der Waals surface area contributed by atoms with Crippen molar-refractivity contribution in [1.29, 1.82) is 0 Å². The highest BCUT2D eigenvalue weighted by molar-refractivity contribution is 7.99. The van der Waals surface area contributed by atoms with Crippen LogP contribution in [0.2, 0.25) is 0 Å². The summed E-state index contributed by atoms with van der Waals surface area (Å²) in [5.41, 5.74) is 1.27. The van der Waals surface area contributed by atoms with Crippen molar-refractivity contribution in [3.8, 4) is 0 Å². The molecule has 1 heterocycles. The number of benzene rings is 1. The van der Waals surface area contributed by atoms with Gasteiger partial charge in [0.1, 0.15) is 10.9 Å². The molecule has 0 amide bonds. The summed E-state index contributed by atoms with van der Waals surface area (Å²) in [6.45, 7) is 6.55. The van der Waals surface area contributed by atoms with E-state index in [9.17, 15) is 0 Å². The molecule has 0 fully saturated rings. The molecule has 1 aromatic carbocycles. The van der Waals surface area contributed by atoms with Gasteiger partial charge in [-0.25, -0.2) is 4.98 Å². The van der Waals surface area contributed by atoms with E-state index in [1.54, 1.807) is 11.8 Å². The topological polar surface area (TPSA) is 28.7 Å². The van der Waals surface area contributed by atoms with E-state index in [1.807, 2.05) is 6.07 Å². The van der Waals surface area contributed by atoms with Gasteiger partial charge in [0.25, 0.3) is 0 Å². The third-order valence-electron chi connectivity index (χ3n) is 2.76. The summed E-state index contributed by atoms with van der Waals surface area (Å²) in [5.74, 6) is 1.54. The molecule has 0 radical (unpaired) electrons. The molecule has 2 aromatic rings. The van der Waals surface area contributed by atoms with Crippen LogP contribution < -0.4 is 0 Å². The SMILES string of the molecule is CCCc1[nH]c(C(C)C)nc1Sc1ccccc1. The van der Waals surface area contributed by atoms with Crippen LogP contribution in [0.1, 0.15) is 44.6 Å². The molecule has 1 aromatic heterocycles. The molecule has 0 unspecified atom stereocenters. The Labute approximate surface area is 113 Å². The van der Waals surface area contributed by atoms with E-state index in [-0.39, 0.29) is 0 Å². The van der Waals surface area contributed by atoms with Crippen LogP contribution in [0.3, 0.4) is 0 Å². The van der Waals surface area contributed by atoms with Gasteiger partial charge in [-0.2, -0.15) is 0 Å². The molecule has 0 atom stereocenters. The molecule has 0 bridgehead atoms. The molecule has 0 saturated carbocycles. The Hall–Kier alpha value is -1.22. The highest BCUT2D eigenvalue weighted by Gasteiger charge is 2.12. The number of aromatic amines is 1. The molecular formula is C15H20N2S. The van der Waals surface area contributed by atoms with E-state index < -0.39 is 0 Å². The third kappa shape index (κ3) is 3.16. The van der Waals surface area contributed by atoms with E-state index in [0.29, 0.717) is 5.92 Å². The van der Waals surface area contributed by atoms with Crippen molar-refractivity contribution in [2.75, 3.05) is 0 Å². The maximum absolute atomic E-state index is 4.73. The lowest BCUT2D eigenvalue weighted by molar-refractivity contribution is 0.782. The standard InChI is InChI=1S/C15H20N2S/c1-4-8-13-15(17-14(16-13)11(2)3)18-12-9-6-5-7-10-12/h5-7,9-11H,4,8H2,1-3H3,(H,16,17). The van der Waals surface area contributed by atoms with Crippen molar-refractivity contribution >= 4 is 11.8 Å². The van der Waals surface area contributed by atoms with Gasteiger partial charge in [0.15, 0.2) is 0 Å². The molecule has 0 saturated heterocycles. The monoisotopic (exact) mass is 260 g/mol. The molecule has 0 aliphatic rings. The van der Waals surface area contributed by atoms with E-state index in [4.69, 9.17) is 4.98 Å². The van der Waals surface area contributed by atoms with Crippen LogP contribution in [0, 0.1) is 0 Å². The van der Waals surface area contributed by atoms with Crippen molar-refractivity contribution in [2.45, 2.75) is 49.5 Å². The Morgan fingerprint density at radius 3 is 2.56 bits per heavy atom. The van der Waals surface area contributed by atoms with Gasteiger partial charge in [0.05, 0.1) is 0 Å². The van der Waals surface area contributed by atoms with Crippen molar-refractivity contribution in [3.63, 3.8) is 0 Å². The van der Waals surface area contributed by atoms with Crippen LogP contribution in [-0.4, -0.2) is 9.97 Å². The lowest BCUT2D eigenvalue weighted by Gasteiger charge is -2.00. The van der Waals surface area contributed by atoms with Gasteiger partial charge < -0.3 is 4.98 Å². The molecule has 1 N–H and O–H groups in total. The number of aryl methyl sites for hydroxylation is 1. The fourth-order valence-electron chi connectivity index (χ4n) is 1.79. The van der Waals surface area contributed by atoms with E-state index in [2.05, 4.69) is 50.0 Å². The van der Waals surface area contributed by atoms with Crippen LogP contribution in [0.25, 0.3) is 0 Å². The molecule has 3 heteroatoms. The van der Waals surface area contributed by atoms with Gasteiger partial charge >= 0.3 is 0 Å². The number of rotatable bonds is 5. The first-order valence-electron chi connectivity index (χ1n) is 6.52. The van der Waals surface area contributed by atoms with Gasteiger partial charge in [-0.15, -0.1) is 0 Å². The fraction of sp³-hybridized carbons (Fsp3) is 0.400. The Balaban J connectivity index is 2.25. The number of hydrogen-bond acceptors (Lipinski definition) is 2. The van der Waals surface area contributed by atoms with Gasteiger partial charge in [-0.1, -0.05) is 57.2 Å². The predicted octanol–water partition coefficient (Wildman–Crippen LogP) is 4.64. The first-order valence-corrected chi connectivity index (χ1v) is 7.34. The first kappa shape index (κ1) is 13.2. The molecular weight excluding hydrogens is 240 g/mol. The number of imidazole rings is 1. The van der Waals surface area contributed by atoms with Gasteiger partial charge in [-0.05, 0) is 18.6 Å². The molecule has 2 nitrogen and oxygen atoms in total. The Morgan fingerprint density at radius 2 is 1.94 bits per heavy atom. The van der Waals surface area contributed by atoms with E-state index >= 15 is 0 Å². The largest absolute Gasteiger partial charge is 0.345 e. The highest BCUT2D eigenvalue weighted by Crippen LogP contribution is 2.30. The van der Waals surface area contributed by atoms with Crippen molar-refractivity contribution in [1.82, 2.24) is 9.97 Å². The van der Waals surface area contributed by atoms with E-state index in [0.717, 1.165) is 23.7 Å². The molecule has 0 aliphatic carbocycles.